The van der Waals surface area contributed by atoms with Gasteiger partial charge in [0.1, 0.15) is 0 Å². The van der Waals surface area contributed by atoms with E-state index in [1.165, 1.54) is 5.56 Å². The van der Waals surface area contributed by atoms with Gasteiger partial charge >= 0.3 is 0 Å². The van der Waals surface area contributed by atoms with Gasteiger partial charge < -0.3 is 5.32 Å². The monoisotopic (exact) mass is 371 g/mol. The molecule has 0 amide bonds. The molecule has 0 aliphatic rings. The minimum atomic E-state index is 0.147. The summed E-state index contributed by atoms with van der Waals surface area (Å²) in [5, 5.41) is 4.90. The molecule has 1 N–H and O–H groups in total. The Morgan fingerprint density at radius 3 is 2.40 bits per heavy atom. The zero-order valence-corrected chi connectivity index (χ0v) is 14.4. The Morgan fingerprint density at radius 1 is 1.00 bits per heavy atom. The number of hydrogen-bond donors (Lipinski definition) is 1. The van der Waals surface area contributed by atoms with Crippen LogP contribution in [0.25, 0.3) is 0 Å². The summed E-state index contributed by atoms with van der Waals surface area (Å²) in [6, 6.07) is 14.3. The fraction of sp³-hybridized carbons (Fsp3) is 0.250. The van der Waals surface area contributed by atoms with Crippen LogP contribution in [0.5, 0.6) is 0 Å². The Morgan fingerprint density at radius 2 is 1.75 bits per heavy atom. The van der Waals surface area contributed by atoms with Gasteiger partial charge in [0.15, 0.2) is 0 Å². The van der Waals surface area contributed by atoms with Crippen molar-refractivity contribution in [2.24, 2.45) is 0 Å². The highest BCUT2D eigenvalue weighted by molar-refractivity contribution is 9.10. The lowest BCUT2D eigenvalue weighted by Crippen LogP contribution is -2.22. The first-order chi connectivity index (χ1) is 9.47. The highest BCUT2D eigenvalue weighted by Gasteiger charge is 2.14. The van der Waals surface area contributed by atoms with Crippen LogP contribution in [0.3, 0.4) is 0 Å². The number of nitrogens with one attached hydrogen (secondary N) is 1. The molecule has 0 bridgehead atoms. The number of halogens is 3. The van der Waals surface area contributed by atoms with E-state index in [0.717, 1.165) is 10.0 Å². The third kappa shape index (κ3) is 3.98. The summed E-state index contributed by atoms with van der Waals surface area (Å²) in [6.07, 6.45) is 0. The molecule has 0 radical (unpaired) electrons. The zero-order valence-electron chi connectivity index (χ0n) is 11.3. The molecule has 106 valence electrons. The van der Waals surface area contributed by atoms with Crippen molar-refractivity contribution in [3.05, 3.63) is 68.1 Å². The summed E-state index contributed by atoms with van der Waals surface area (Å²) < 4.78 is 1.08. The Bertz CT molecular complexity index is 601. The number of hydrogen-bond acceptors (Lipinski definition) is 1. The lowest BCUT2D eigenvalue weighted by molar-refractivity contribution is 0.494. The summed E-state index contributed by atoms with van der Waals surface area (Å²) in [5.74, 6) is 0. The molecule has 0 heterocycles. The van der Waals surface area contributed by atoms with Gasteiger partial charge in [-0.1, -0.05) is 57.3 Å². The Kier molecular flexibility index (Phi) is 5.50. The standard InChI is InChI=1S/C16H16BrCl2N/c1-10(12-4-3-5-13(17)8-12)20-11(2)15-7-6-14(18)9-16(15)19/h3-11,20H,1-2H3. The van der Waals surface area contributed by atoms with E-state index in [1.807, 2.05) is 24.3 Å². The minimum Gasteiger partial charge on any atom is -0.304 e. The first-order valence-electron chi connectivity index (χ1n) is 6.44. The average Bonchev–Trinajstić information content (AvgIpc) is 2.38. The second-order valence-corrected chi connectivity index (χ2v) is 6.59. The fourth-order valence-corrected chi connectivity index (χ4v) is 3.18. The molecule has 2 aromatic carbocycles. The molecular formula is C16H16BrCl2N. The van der Waals surface area contributed by atoms with Crippen LogP contribution in [-0.2, 0) is 0 Å². The van der Waals surface area contributed by atoms with Gasteiger partial charge in [0.05, 0.1) is 0 Å². The van der Waals surface area contributed by atoms with Crippen molar-refractivity contribution >= 4 is 39.1 Å². The summed E-state index contributed by atoms with van der Waals surface area (Å²) in [7, 11) is 0. The third-order valence-corrected chi connectivity index (χ3v) is 4.33. The van der Waals surface area contributed by atoms with Crippen molar-refractivity contribution in [1.29, 1.82) is 0 Å². The maximum Gasteiger partial charge on any atom is 0.0468 e. The van der Waals surface area contributed by atoms with Crippen LogP contribution in [0, 0.1) is 0 Å². The summed E-state index contributed by atoms with van der Waals surface area (Å²) in [5.41, 5.74) is 2.29. The van der Waals surface area contributed by atoms with Gasteiger partial charge in [-0.25, -0.2) is 0 Å². The smallest absolute Gasteiger partial charge is 0.0468 e. The summed E-state index contributed by atoms with van der Waals surface area (Å²) >= 11 is 15.7. The van der Waals surface area contributed by atoms with Gasteiger partial charge in [-0.05, 0) is 49.2 Å². The maximum atomic E-state index is 6.25. The Balaban J connectivity index is 2.12. The van der Waals surface area contributed by atoms with E-state index in [0.29, 0.717) is 10.0 Å². The van der Waals surface area contributed by atoms with Crippen molar-refractivity contribution < 1.29 is 0 Å². The highest BCUT2D eigenvalue weighted by atomic mass is 79.9. The predicted molar refractivity (Wildman–Crippen MR) is 90.6 cm³/mol. The molecule has 0 saturated carbocycles. The van der Waals surface area contributed by atoms with E-state index in [-0.39, 0.29) is 12.1 Å². The molecule has 0 saturated heterocycles. The van der Waals surface area contributed by atoms with E-state index in [1.54, 1.807) is 6.07 Å². The second kappa shape index (κ2) is 6.95. The van der Waals surface area contributed by atoms with Crippen molar-refractivity contribution in [2.45, 2.75) is 25.9 Å². The van der Waals surface area contributed by atoms with Crippen molar-refractivity contribution in [2.75, 3.05) is 0 Å². The molecule has 0 aliphatic heterocycles. The largest absolute Gasteiger partial charge is 0.304 e. The van der Waals surface area contributed by atoms with Crippen LogP contribution in [0.15, 0.2) is 46.9 Å². The molecule has 0 spiro atoms. The third-order valence-electron chi connectivity index (χ3n) is 3.28. The Labute approximate surface area is 138 Å². The maximum absolute atomic E-state index is 6.25. The van der Waals surface area contributed by atoms with Gasteiger partial charge in [-0.2, -0.15) is 0 Å². The van der Waals surface area contributed by atoms with Gasteiger partial charge in [-0.3, -0.25) is 0 Å². The van der Waals surface area contributed by atoms with Crippen molar-refractivity contribution in [3.8, 4) is 0 Å². The first kappa shape index (κ1) is 15.8. The highest BCUT2D eigenvalue weighted by Crippen LogP contribution is 2.28. The van der Waals surface area contributed by atoms with Gasteiger partial charge in [0, 0.05) is 26.6 Å². The van der Waals surface area contributed by atoms with Crippen LogP contribution in [0.4, 0.5) is 0 Å². The SMILES string of the molecule is CC(NC(C)c1ccc(Cl)cc1Cl)c1cccc(Br)c1. The van der Waals surface area contributed by atoms with Crippen LogP contribution in [-0.4, -0.2) is 0 Å². The lowest BCUT2D eigenvalue weighted by Gasteiger charge is -2.22. The average molecular weight is 373 g/mol. The molecule has 2 rings (SSSR count). The minimum absolute atomic E-state index is 0.147. The van der Waals surface area contributed by atoms with Crippen LogP contribution in [0.1, 0.15) is 37.1 Å². The van der Waals surface area contributed by atoms with E-state index < -0.39 is 0 Å². The second-order valence-electron chi connectivity index (χ2n) is 4.83. The molecule has 0 aromatic heterocycles. The summed E-state index contributed by atoms with van der Waals surface area (Å²) in [6.45, 7) is 4.24. The van der Waals surface area contributed by atoms with Gasteiger partial charge in [0.2, 0.25) is 0 Å². The molecule has 0 aliphatic carbocycles. The fourth-order valence-electron chi connectivity index (χ4n) is 2.19. The van der Waals surface area contributed by atoms with Crippen molar-refractivity contribution in [1.82, 2.24) is 5.32 Å². The summed E-state index contributed by atoms with van der Waals surface area (Å²) in [4.78, 5) is 0. The number of rotatable bonds is 4. The van der Waals surface area contributed by atoms with Crippen molar-refractivity contribution in [3.63, 3.8) is 0 Å². The topological polar surface area (TPSA) is 12.0 Å². The van der Waals surface area contributed by atoms with Gasteiger partial charge in [0.25, 0.3) is 0 Å². The van der Waals surface area contributed by atoms with E-state index in [9.17, 15) is 0 Å². The molecule has 0 fully saturated rings. The lowest BCUT2D eigenvalue weighted by atomic mass is 10.0. The normalized spacial score (nSPS) is 14.1. The molecular weight excluding hydrogens is 357 g/mol. The Hall–Kier alpha value is -0.540. The molecule has 20 heavy (non-hydrogen) atoms. The quantitative estimate of drug-likeness (QED) is 0.676. The van der Waals surface area contributed by atoms with Gasteiger partial charge in [-0.15, -0.1) is 0 Å². The molecule has 2 atom stereocenters. The predicted octanol–water partition coefficient (Wildman–Crippen LogP) is 6.17. The molecule has 2 unspecified atom stereocenters. The van der Waals surface area contributed by atoms with E-state index >= 15 is 0 Å². The molecule has 2 aromatic rings. The molecule has 1 nitrogen and oxygen atoms in total. The van der Waals surface area contributed by atoms with E-state index in [2.05, 4.69) is 47.2 Å². The first-order valence-corrected chi connectivity index (χ1v) is 7.98. The zero-order chi connectivity index (χ0) is 14.7. The van der Waals surface area contributed by atoms with Crippen LogP contribution in [0.2, 0.25) is 10.0 Å². The van der Waals surface area contributed by atoms with Crippen LogP contribution < -0.4 is 5.32 Å². The van der Waals surface area contributed by atoms with E-state index in [4.69, 9.17) is 23.2 Å². The van der Waals surface area contributed by atoms with Crippen LogP contribution >= 0.6 is 39.1 Å². The number of benzene rings is 2. The molecule has 4 heteroatoms.